The van der Waals surface area contributed by atoms with Crippen molar-refractivity contribution in [3.8, 4) is 0 Å². The minimum atomic E-state index is 0.0446. The Balaban J connectivity index is 2.18. The number of nitrogens with zero attached hydrogens (tertiary/aromatic N) is 1. The fraction of sp³-hybridized carbons (Fsp3) is 0.941. The van der Waals surface area contributed by atoms with Crippen LogP contribution in [0.5, 0.6) is 0 Å². The molecule has 3 heteroatoms. The monoisotopic (exact) mass is 280 g/mol. The molecule has 2 aliphatic rings. The van der Waals surface area contributed by atoms with Crippen molar-refractivity contribution in [1.29, 1.82) is 0 Å². The SMILES string of the molecule is CCC1NC(CC(C)C)N(C2CCCC(C)C2C)C1=O. The standard InChI is InChI=1S/C17H32N2O/c1-6-14-17(20)19(16(18-14)10-11(2)3)15-9-7-8-12(4)13(15)5/h11-16,18H,6-10H2,1-5H3. The van der Waals surface area contributed by atoms with Gasteiger partial charge in [-0.05, 0) is 37.0 Å². The Morgan fingerprint density at radius 2 is 2.00 bits per heavy atom. The first kappa shape index (κ1) is 15.8. The lowest BCUT2D eigenvalue weighted by molar-refractivity contribution is -0.135. The minimum absolute atomic E-state index is 0.0446. The summed E-state index contributed by atoms with van der Waals surface area (Å²) >= 11 is 0. The minimum Gasteiger partial charge on any atom is -0.323 e. The molecule has 5 atom stereocenters. The summed E-state index contributed by atoms with van der Waals surface area (Å²) in [6.07, 6.45) is 6.00. The summed E-state index contributed by atoms with van der Waals surface area (Å²) in [4.78, 5) is 15.0. The molecule has 1 aliphatic carbocycles. The summed E-state index contributed by atoms with van der Waals surface area (Å²) in [5, 5.41) is 3.58. The first-order chi connectivity index (χ1) is 9.45. The van der Waals surface area contributed by atoms with Gasteiger partial charge in [-0.1, -0.05) is 47.5 Å². The van der Waals surface area contributed by atoms with E-state index in [-0.39, 0.29) is 12.2 Å². The molecule has 1 aliphatic heterocycles. The van der Waals surface area contributed by atoms with E-state index in [1.807, 2.05) is 0 Å². The number of nitrogens with one attached hydrogen (secondary N) is 1. The number of carbonyl (C=O) groups is 1. The van der Waals surface area contributed by atoms with Crippen LogP contribution >= 0.6 is 0 Å². The summed E-state index contributed by atoms with van der Waals surface area (Å²) in [7, 11) is 0. The van der Waals surface area contributed by atoms with Crippen molar-refractivity contribution >= 4 is 5.91 Å². The van der Waals surface area contributed by atoms with E-state index in [1.54, 1.807) is 0 Å². The molecule has 0 aromatic rings. The first-order valence-electron chi connectivity index (χ1n) is 8.53. The smallest absolute Gasteiger partial charge is 0.241 e. The van der Waals surface area contributed by atoms with E-state index in [9.17, 15) is 4.79 Å². The van der Waals surface area contributed by atoms with Gasteiger partial charge in [-0.2, -0.15) is 0 Å². The molecule has 1 saturated carbocycles. The first-order valence-corrected chi connectivity index (χ1v) is 8.53. The van der Waals surface area contributed by atoms with E-state index in [2.05, 4.69) is 44.8 Å². The van der Waals surface area contributed by atoms with Gasteiger partial charge >= 0.3 is 0 Å². The quantitative estimate of drug-likeness (QED) is 0.856. The topological polar surface area (TPSA) is 32.3 Å². The Labute approximate surface area is 124 Å². The van der Waals surface area contributed by atoms with Crippen LogP contribution in [-0.2, 0) is 4.79 Å². The predicted molar refractivity (Wildman–Crippen MR) is 83.3 cm³/mol. The summed E-state index contributed by atoms with van der Waals surface area (Å²) < 4.78 is 0. The summed E-state index contributed by atoms with van der Waals surface area (Å²) in [5.41, 5.74) is 0. The lowest BCUT2D eigenvalue weighted by atomic mass is 9.77. The van der Waals surface area contributed by atoms with Crippen LogP contribution in [0.4, 0.5) is 0 Å². The molecule has 5 unspecified atom stereocenters. The number of hydrogen-bond donors (Lipinski definition) is 1. The third-order valence-corrected chi connectivity index (χ3v) is 5.41. The van der Waals surface area contributed by atoms with Gasteiger partial charge in [0.1, 0.15) is 0 Å². The van der Waals surface area contributed by atoms with E-state index in [0.29, 0.717) is 23.8 Å². The van der Waals surface area contributed by atoms with Crippen molar-refractivity contribution in [2.75, 3.05) is 0 Å². The van der Waals surface area contributed by atoms with Crippen LogP contribution in [0, 0.1) is 17.8 Å². The Bertz CT molecular complexity index is 342. The van der Waals surface area contributed by atoms with Crippen LogP contribution in [0.15, 0.2) is 0 Å². The van der Waals surface area contributed by atoms with E-state index >= 15 is 0 Å². The lowest BCUT2D eigenvalue weighted by Crippen LogP contribution is -2.50. The zero-order valence-electron chi connectivity index (χ0n) is 13.9. The third-order valence-electron chi connectivity index (χ3n) is 5.41. The molecule has 20 heavy (non-hydrogen) atoms. The normalized spacial score (nSPS) is 38.8. The second kappa shape index (κ2) is 6.46. The highest BCUT2D eigenvalue weighted by Crippen LogP contribution is 2.36. The Kier molecular flexibility index (Phi) is 5.11. The van der Waals surface area contributed by atoms with Crippen molar-refractivity contribution in [1.82, 2.24) is 10.2 Å². The summed E-state index contributed by atoms with van der Waals surface area (Å²) in [6.45, 7) is 11.3. The average Bonchev–Trinajstić information content (AvgIpc) is 2.68. The molecule has 0 aromatic heterocycles. The highest BCUT2D eigenvalue weighted by atomic mass is 16.2. The lowest BCUT2D eigenvalue weighted by Gasteiger charge is -2.42. The maximum Gasteiger partial charge on any atom is 0.241 e. The van der Waals surface area contributed by atoms with E-state index in [0.717, 1.165) is 18.8 Å². The molecule has 116 valence electrons. The maximum atomic E-state index is 12.7. The van der Waals surface area contributed by atoms with Crippen molar-refractivity contribution in [3.63, 3.8) is 0 Å². The molecular weight excluding hydrogens is 248 g/mol. The molecular formula is C17H32N2O. The summed E-state index contributed by atoms with van der Waals surface area (Å²) in [5.74, 6) is 2.33. The molecule has 0 radical (unpaired) electrons. The molecule has 2 rings (SSSR count). The zero-order valence-corrected chi connectivity index (χ0v) is 13.9. The second-order valence-electron chi connectivity index (χ2n) is 7.35. The van der Waals surface area contributed by atoms with Gasteiger partial charge in [0, 0.05) is 6.04 Å². The van der Waals surface area contributed by atoms with Gasteiger partial charge in [-0.25, -0.2) is 0 Å². The van der Waals surface area contributed by atoms with E-state index in [4.69, 9.17) is 0 Å². The fourth-order valence-corrected chi connectivity index (χ4v) is 3.98. The zero-order chi connectivity index (χ0) is 14.9. The maximum absolute atomic E-state index is 12.7. The Morgan fingerprint density at radius 3 is 2.60 bits per heavy atom. The van der Waals surface area contributed by atoms with Crippen LogP contribution in [0.1, 0.15) is 66.7 Å². The van der Waals surface area contributed by atoms with E-state index < -0.39 is 0 Å². The van der Waals surface area contributed by atoms with Gasteiger partial charge < -0.3 is 4.90 Å². The van der Waals surface area contributed by atoms with Gasteiger partial charge in [0.25, 0.3) is 0 Å². The molecule has 1 saturated heterocycles. The van der Waals surface area contributed by atoms with Crippen molar-refractivity contribution in [3.05, 3.63) is 0 Å². The molecule has 0 aromatic carbocycles. The van der Waals surface area contributed by atoms with Gasteiger partial charge in [0.05, 0.1) is 12.2 Å². The van der Waals surface area contributed by atoms with Gasteiger partial charge in [0.2, 0.25) is 5.91 Å². The fourth-order valence-electron chi connectivity index (χ4n) is 3.98. The van der Waals surface area contributed by atoms with Crippen molar-refractivity contribution in [2.45, 2.75) is 85.0 Å². The molecule has 1 amide bonds. The Morgan fingerprint density at radius 1 is 1.30 bits per heavy atom. The van der Waals surface area contributed by atoms with Crippen LogP contribution < -0.4 is 5.32 Å². The molecule has 3 nitrogen and oxygen atoms in total. The van der Waals surface area contributed by atoms with Crippen LogP contribution in [0.25, 0.3) is 0 Å². The summed E-state index contributed by atoms with van der Waals surface area (Å²) in [6, 6.07) is 0.488. The van der Waals surface area contributed by atoms with E-state index in [1.165, 1.54) is 19.3 Å². The number of amides is 1. The molecule has 0 bridgehead atoms. The van der Waals surface area contributed by atoms with Crippen LogP contribution in [0.2, 0.25) is 0 Å². The van der Waals surface area contributed by atoms with Gasteiger partial charge in [0.15, 0.2) is 0 Å². The number of carbonyl (C=O) groups excluding carboxylic acids is 1. The molecule has 2 fully saturated rings. The molecule has 0 spiro atoms. The van der Waals surface area contributed by atoms with Gasteiger partial charge in [-0.3, -0.25) is 10.1 Å². The largest absolute Gasteiger partial charge is 0.323 e. The highest BCUT2D eigenvalue weighted by molar-refractivity contribution is 5.84. The Hall–Kier alpha value is -0.570. The van der Waals surface area contributed by atoms with Crippen molar-refractivity contribution < 1.29 is 4.79 Å². The number of rotatable bonds is 4. The van der Waals surface area contributed by atoms with Crippen LogP contribution in [-0.4, -0.2) is 29.1 Å². The molecule has 1 heterocycles. The highest BCUT2D eigenvalue weighted by Gasteiger charge is 2.44. The predicted octanol–water partition coefficient (Wildman–Crippen LogP) is 3.39. The van der Waals surface area contributed by atoms with Crippen LogP contribution in [0.3, 0.4) is 0 Å². The second-order valence-corrected chi connectivity index (χ2v) is 7.35. The third kappa shape index (κ3) is 3.03. The van der Waals surface area contributed by atoms with Gasteiger partial charge in [-0.15, -0.1) is 0 Å². The number of hydrogen-bond acceptors (Lipinski definition) is 2. The van der Waals surface area contributed by atoms with Crippen molar-refractivity contribution in [2.24, 2.45) is 17.8 Å². The average molecular weight is 280 g/mol. The molecule has 1 N–H and O–H groups in total.